The van der Waals surface area contributed by atoms with Crippen LogP contribution < -0.4 is 21.9 Å². The molecule has 20 heavy (non-hydrogen) atoms. The predicted molar refractivity (Wildman–Crippen MR) is 74.8 cm³/mol. The molecule has 1 unspecified atom stereocenters. The fraction of sp³-hybridized carbons (Fsp3) is 0.583. The number of aromatic nitrogens is 2. The minimum atomic E-state index is 0.0899. The van der Waals surface area contributed by atoms with Gasteiger partial charge in [-0.15, -0.1) is 0 Å². The Balaban J connectivity index is 2.03. The van der Waals surface area contributed by atoms with Gasteiger partial charge in [-0.05, 0) is 13.3 Å². The lowest BCUT2D eigenvalue weighted by Crippen LogP contribution is -2.42. The lowest BCUT2D eigenvalue weighted by molar-refractivity contribution is -0.122. The number of hydrogen-bond acceptors (Lipinski definition) is 7. The smallest absolute Gasteiger partial charge is 0.220 e. The van der Waals surface area contributed by atoms with Crippen molar-refractivity contribution in [2.24, 2.45) is 5.84 Å². The van der Waals surface area contributed by atoms with Crippen molar-refractivity contribution in [3.8, 4) is 0 Å². The molecular formula is C12H20N6O2. The van der Waals surface area contributed by atoms with Crippen LogP contribution in [0, 0.1) is 0 Å². The van der Waals surface area contributed by atoms with E-state index in [9.17, 15) is 4.79 Å². The topological polar surface area (TPSA) is 114 Å². The Hall–Kier alpha value is -1.93. The standard InChI is InChI=1S/C12H20N6O2/c1-2-20-7-11-16-9(5-10(17-11)18-13)15-8-3-4-12(19)14-6-8/h5,8H,2-4,6-7,13H2,1H3,(H,14,19)(H2,15,16,17,18). The third-order valence-electron chi connectivity index (χ3n) is 2.97. The van der Waals surface area contributed by atoms with Crippen LogP contribution in [0.4, 0.5) is 11.6 Å². The van der Waals surface area contributed by atoms with Gasteiger partial charge in [-0.25, -0.2) is 15.8 Å². The van der Waals surface area contributed by atoms with Crippen LogP contribution in [0.5, 0.6) is 0 Å². The number of piperidine rings is 1. The van der Waals surface area contributed by atoms with Crippen LogP contribution in [0.25, 0.3) is 0 Å². The summed E-state index contributed by atoms with van der Waals surface area (Å²) in [5.41, 5.74) is 2.51. The number of nitrogens with two attached hydrogens (primary N) is 1. The maximum atomic E-state index is 11.1. The second-order valence-electron chi connectivity index (χ2n) is 4.52. The molecule has 1 amide bonds. The summed E-state index contributed by atoms with van der Waals surface area (Å²) in [6, 6.07) is 1.89. The van der Waals surface area contributed by atoms with Gasteiger partial charge in [0.25, 0.3) is 0 Å². The highest BCUT2D eigenvalue weighted by molar-refractivity contribution is 5.77. The summed E-state index contributed by atoms with van der Waals surface area (Å²) in [7, 11) is 0. The summed E-state index contributed by atoms with van der Waals surface area (Å²) in [6.45, 7) is 3.44. The van der Waals surface area contributed by atoms with Gasteiger partial charge in [0, 0.05) is 31.7 Å². The predicted octanol–water partition coefficient (Wildman–Crippen LogP) is -0.0108. The molecule has 110 valence electrons. The molecule has 2 rings (SSSR count). The number of nitrogens with one attached hydrogen (secondary N) is 3. The molecule has 0 radical (unpaired) electrons. The quantitative estimate of drug-likeness (QED) is 0.428. The number of carbonyl (C=O) groups excluding carboxylic acids is 1. The van der Waals surface area contributed by atoms with Crippen molar-refractivity contribution in [3.63, 3.8) is 0 Å². The van der Waals surface area contributed by atoms with Gasteiger partial charge < -0.3 is 20.8 Å². The first-order chi connectivity index (χ1) is 9.71. The summed E-state index contributed by atoms with van der Waals surface area (Å²) in [5, 5.41) is 6.10. The molecule has 0 aliphatic carbocycles. The minimum absolute atomic E-state index is 0.0899. The van der Waals surface area contributed by atoms with Crippen molar-refractivity contribution in [3.05, 3.63) is 11.9 Å². The molecule has 1 saturated heterocycles. The minimum Gasteiger partial charge on any atom is -0.374 e. The first-order valence-corrected chi connectivity index (χ1v) is 6.66. The molecule has 0 saturated carbocycles. The van der Waals surface area contributed by atoms with Crippen LogP contribution in [0.3, 0.4) is 0 Å². The first-order valence-electron chi connectivity index (χ1n) is 6.66. The van der Waals surface area contributed by atoms with Crippen LogP contribution in [-0.2, 0) is 16.1 Å². The van der Waals surface area contributed by atoms with Gasteiger partial charge in [0.1, 0.15) is 18.2 Å². The maximum Gasteiger partial charge on any atom is 0.220 e. The average Bonchev–Trinajstić information content (AvgIpc) is 2.47. The fourth-order valence-electron chi connectivity index (χ4n) is 1.97. The molecule has 0 spiro atoms. The third-order valence-corrected chi connectivity index (χ3v) is 2.97. The van der Waals surface area contributed by atoms with Gasteiger partial charge in [0.2, 0.25) is 5.91 Å². The summed E-state index contributed by atoms with van der Waals surface area (Å²) >= 11 is 0. The van der Waals surface area contributed by atoms with E-state index in [0.29, 0.717) is 43.6 Å². The van der Waals surface area contributed by atoms with Gasteiger partial charge >= 0.3 is 0 Å². The number of rotatable bonds is 6. The molecule has 8 heteroatoms. The van der Waals surface area contributed by atoms with Gasteiger partial charge in [-0.2, -0.15) is 0 Å². The SMILES string of the molecule is CCOCc1nc(NN)cc(NC2CCC(=O)NC2)n1. The van der Waals surface area contributed by atoms with Crippen molar-refractivity contribution in [2.75, 3.05) is 23.9 Å². The first kappa shape index (κ1) is 14.5. The highest BCUT2D eigenvalue weighted by Crippen LogP contribution is 2.15. The van der Waals surface area contributed by atoms with Crippen LogP contribution in [0.2, 0.25) is 0 Å². The molecule has 5 N–H and O–H groups in total. The zero-order valence-electron chi connectivity index (χ0n) is 11.5. The lowest BCUT2D eigenvalue weighted by Gasteiger charge is -2.24. The normalized spacial score (nSPS) is 18.5. The van der Waals surface area contributed by atoms with Crippen molar-refractivity contribution >= 4 is 17.5 Å². The Kier molecular flexibility index (Phi) is 5.08. The van der Waals surface area contributed by atoms with Crippen LogP contribution in [0.1, 0.15) is 25.6 Å². The molecule has 8 nitrogen and oxygen atoms in total. The molecule has 1 aromatic heterocycles. The Labute approximate surface area is 117 Å². The average molecular weight is 280 g/mol. The Bertz CT molecular complexity index is 457. The van der Waals surface area contributed by atoms with E-state index in [0.717, 1.165) is 6.42 Å². The number of nitrogen functional groups attached to an aromatic ring is 1. The molecule has 1 atom stereocenters. The summed E-state index contributed by atoms with van der Waals surface area (Å²) in [5.74, 6) is 7.25. The largest absolute Gasteiger partial charge is 0.374 e. The van der Waals surface area contributed by atoms with Gasteiger partial charge in [-0.3, -0.25) is 4.79 Å². The third kappa shape index (κ3) is 4.04. The van der Waals surface area contributed by atoms with Crippen molar-refractivity contribution < 1.29 is 9.53 Å². The van der Waals surface area contributed by atoms with Gasteiger partial charge in [-0.1, -0.05) is 0 Å². The maximum absolute atomic E-state index is 11.1. The summed E-state index contributed by atoms with van der Waals surface area (Å²) < 4.78 is 5.30. The van der Waals surface area contributed by atoms with Crippen molar-refractivity contribution in [2.45, 2.75) is 32.4 Å². The van der Waals surface area contributed by atoms with Crippen LogP contribution >= 0.6 is 0 Å². The fourth-order valence-corrected chi connectivity index (χ4v) is 1.97. The van der Waals surface area contributed by atoms with E-state index in [1.54, 1.807) is 6.07 Å². The number of hydrazine groups is 1. The number of amides is 1. The second kappa shape index (κ2) is 7.01. The second-order valence-corrected chi connectivity index (χ2v) is 4.52. The number of ether oxygens (including phenoxy) is 1. The van der Waals surface area contributed by atoms with Crippen LogP contribution in [-0.4, -0.2) is 35.1 Å². The zero-order chi connectivity index (χ0) is 14.4. The Morgan fingerprint density at radius 2 is 2.30 bits per heavy atom. The summed E-state index contributed by atoms with van der Waals surface area (Å²) in [4.78, 5) is 19.7. The molecule has 1 aromatic rings. The van der Waals surface area contributed by atoms with Gasteiger partial charge in [0.15, 0.2) is 5.82 Å². The molecule has 0 bridgehead atoms. The molecule has 0 aromatic carbocycles. The van der Waals surface area contributed by atoms with Crippen molar-refractivity contribution in [1.29, 1.82) is 0 Å². The molecule has 1 fully saturated rings. The highest BCUT2D eigenvalue weighted by Gasteiger charge is 2.18. The number of hydrogen-bond donors (Lipinski definition) is 4. The van der Waals surface area contributed by atoms with E-state index in [1.807, 2.05) is 6.92 Å². The van der Waals surface area contributed by atoms with E-state index in [1.165, 1.54) is 0 Å². The zero-order valence-corrected chi connectivity index (χ0v) is 11.5. The van der Waals surface area contributed by atoms with E-state index < -0.39 is 0 Å². The van der Waals surface area contributed by atoms with Gasteiger partial charge in [0.05, 0.1) is 0 Å². The molecular weight excluding hydrogens is 260 g/mol. The highest BCUT2D eigenvalue weighted by atomic mass is 16.5. The number of carbonyl (C=O) groups is 1. The van der Waals surface area contributed by atoms with E-state index in [4.69, 9.17) is 10.6 Å². The van der Waals surface area contributed by atoms with Crippen molar-refractivity contribution in [1.82, 2.24) is 15.3 Å². The summed E-state index contributed by atoms with van der Waals surface area (Å²) in [6.07, 6.45) is 1.30. The number of anilines is 2. The monoisotopic (exact) mass is 280 g/mol. The number of nitrogens with zero attached hydrogens (tertiary/aromatic N) is 2. The molecule has 2 heterocycles. The van der Waals surface area contributed by atoms with E-state index in [-0.39, 0.29) is 11.9 Å². The Morgan fingerprint density at radius 3 is 2.95 bits per heavy atom. The lowest BCUT2D eigenvalue weighted by atomic mass is 10.1. The van der Waals surface area contributed by atoms with E-state index >= 15 is 0 Å². The van der Waals surface area contributed by atoms with Crippen LogP contribution in [0.15, 0.2) is 6.07 Å². The molecule has 1 aliphatic rings. The molecule has 1 aliphatic heterocycles. The van der Waals surface area contributed by atoms with E-state index in [2.05, 4.69) is 26.0 Å². The Morgan fingerprint density at radius 1 is 1.50 bits per heavy atom.